The van der Waals surface area contributed by atoms with Gasteiger partial charge in [0.2, 0.25) is 0 Å². The fourth-order valence-electron chi connectivity index (χ4n) is 2.75. The highest BCUT2D eigenvalue weighted by Gasteiger charge is 2.27. The second-order valence-electron chi connectivity index (χ2n) is 5.49. The summed E-state index contributed by atoms with van der Waals surface area (Å²) in [4.78, 5) is 26.6. The second kappa shape index (κ2) is 7.72. The van der Waals surface area contributed by atoms with Gasteiger partial charge in [-0.1, -0.05) is 18.5 Å². The molecule has 1 aromatic rings. The Morgan fingerprint density at radius 3 is 2.52 bits per heavy atom. The molecule has 1 fully saturated rings. The molecule has 1 aromatic carbocycles. The van der Waals surface area contributed by atoms with Crippen LogP contribution >= 0.6 is 11.6 Å². The number of non-ortho nitro benzene ring substituents is 1. The van der Waals surface area contributed by atoms with E-state index in [1.807, 2.05) is 6.92 Å². The fraction of sp³-hybridized carbons (Fsp3) is 0.533. The van der Waals surface area contributed by atoms with E-state index in [2.05, 4.69) is 4.90 Å². The normalized spacial score (nSPS) is 17.1. The molecule has 8 heteroatoms. The molecule has 7 nitrogen and oxygen atoms in total. The van der Waals surface area contributed by atoms with Crippen molar-refractivity contribution in [1.82, 2.24) is 9.80 Å². The van der Waals surface area contributed by atoms with Gasteiger partial charge in [0.15, 0.2) is 0 Å². The molecule has 1 saturated heterocycles. The summed E-state index contributed by atoms with van der Waals surface area (Å²) in [5.74, 6) is -0.221. The number of hydrogen-bond donors (Lipinski definition) is 1. The molecule has 1 heterocycles. The van der Waals surface area contributed by atoms with Gasteiger partial charge < -0.3 is 10.0 Å². The summed E-state index contributed by atoms with van der Waals surface area (Å²) in [6.45, 7) is 4.60. The first-order valence-electron chi connectivity index (χ1n) is 7.56. The van der Waals surface area contributed by atoms with Crippen molar-refractivity contribution in [1.29, 1.82) is 0 Å². The predicted molar refractivity (Wildman–Crippen MR) is 86.7 cm³/mol. The third kappa shape index (κ3) is 3.99. The van der Waals surface area contributed by atoms with E-state index in [0.29, 0.717) is 26.2 Å². The standard InChI is InChI=1S/C15H20ClN3O4/c1-2-11(10-20)17-5-7-18(8-6-17)15(21)13-4-3-12(19(22)23)9-14(13)16/h3-4,9,11,20H,2,5-8,10H2,1H3. The minimum atomic E-state index is -0.543. The van der Waals surface area contributed by atoms with Gasteiger partial charge in [-0.2, -0.15) is 0 Å². The van der Waals surface area contributed by atoms with Crippen molar-refractivity contribution in [2.75, 3.05) is 32.8 Å². The number of carbonyl (C=O) groups is 1. The van der Waals surface area contributed by atoms with Crippen LogP contribution in [0.4, 0.5) is 5.69 Å². The first kappa shape index (κ1) is 17.7. The summed E-state index contributed by atoms with van der Waals surface area (Å²) in [6.07, 6.45) is 0.860. The Labute approximate surface area is 139 Å². The number of piperazine rings is 1. The van der Waals surface area contributed by atoms with Gasteiger partial charge in [-0.25, -0.2) is 0 Å². The predicted octanol–water partition coefficient (Wildman–Crippen LogP) is 1.78. The largest absolute Gasteiger partial charge is 0.395 e. The first-order chi connectivity index (χ1) is 11.0. The number of hydrogen-bond acceptors (Lipinski definition) is 5. The molecule has 0 aliphatic carbocycles. The lowest BCUT2D eigenvalue weighted by Crippen LogP contribution is -2.52. The molecule has 1 unspecified atom stereocenters. The Morgan fingerprint density at radius 2 is 2.04 bits per heavy atom. The highest BCUT2D eigenvalue weighted by Crippen LogP contribution is 2.24. The van der Waals surface area contributed by atoms with E-state index >= 15 is 0 Å². The maximum atomic E-state index is 12.5. The average Bonchev–Trinajstić information content (AvgIpc) is 2.56. The smallest absolute Gasteiger partial charge is 0.270 e. The van der Waals surface area contributed by atoms with Gasteiger partial charge in [-0.3, -0.25) is 19.8 Å². The number of halogens is 1. The third-order valence-electron chi connectivity index (χ3n) is 4.19. The monoisotopic (exact) mass is 341 g/mol. The molecule has 0 bridgehead atoms. The Kier molecular flexibility index (Phi) is 5.92. The maximum Gasteiger partial charge on any atom is 0.270 e. The van der Waals surface area contributed by atoms with Gasteiger partial charge in [0.05, 0.1) is 22.1 Å². The number of nitro groups is 1. The van der Waals surface area contributed by atoms with Gasteiger partial charge >= 0.3 is 0 Å². The zero-order chi connectivity index (χ0) is 17.0. The van der Waals surface area contributed by atoms with Crippen molar-refractivity contribution >= 4 is 23.2 Å². The molecule has 1 amide bonds. The van der Waals surface area contributed by atoms with Crippen LogP contribution in [-0.4, -0.2) is 64.6 Å². The van der Waals surface area contributed by atoms with Gasteiger partial charge in [-0.15, -0.1) is 0 Å². The topological polar surface area (TPSA) is 86.9 Å². The van der Waals surface area contributed by atoms with Crippen LogP contribution in [0.1, 0.15) is 23.7 Å². The second-order valence-corrected chi connectivity index (χ2v) is 5.90. The maximum absolute atomic E-state index is 12.5. The molecule has 0 saturated carbocycles. The zero-order valence-electron chi connectivity index (χ0n) is 12.9. The number of nitro benzene ring substituents is 1. The van der Waals surface area contributed by atoms with E-state index in [-0.39, 0.29) is 34.8 Å². The number of rotatable bonds is 5. The number of aliphatic hydroxyl groups excluding tert-OH is 1. The molecular formula is C15H20ClN3O4. The molecule has 1 aliphatic heterocycles. The van der Waals surface area contributed by atoms with Gasteiger partial charge in [0.25, 0.3) is 11.6 Å². The molecule has 126 valence electrons. The van der Waals surface area contributed by atoms with Crippen molar-refractivity contribution in [2.45, 2.75) is 19.4 Å². The lowest BCUT2D eigenvalue weighted by atomic mass is 10.1. The van der Waals surface area contributed by atoms with Crippen molar-refractivity contribution < 1.29 is 14.8 Å². The molecule has 0 radical (unpaired) electrons. The Bertz CT molecular complexity index is 584. The molecule has 1 aliphatic rings. The number of carbonyl (C=O) groups excluding carboxylic acids is 1. The van der Waals surface area contributed by atoms with Crippen LogP contribution in [0.15, 0.2) is 18.2 Å². The average molecular weight is 342 g/mol. The van der Waals surface area contributed by atoms with Gasteiger partial charge in [0.1, 0.15) is 0 Å². The van der Waals surface area contributed by atoms with Crippen LogP contribution < -0.4 is 0 Å². The van der Waals surface area contributed by atoms with Crippen LogP contribution in [0.5, 0.6) is 0 Å². The molecular weight excluding hydrogens is 322 g/mol. The lowest BCUT2D eigenvalue weighted by Gasteiger charge is -2.38. The van der Waals surface area contributed by atoms with Gasteiger partial charge in [0, 0.05) is 44.4 Å². The minimum Gasteiger partial charge on any atom is -0.395 e. The number of nitrogens with zero attached hydrogens (tertiary/aromatic N) is 3. The Morgan fingerprint density at radius 1 is 1.39 bits per heavy atom. The molecule has 23 heavy (non-hydrogen) atoms. The van der Waals surface area contributed by atoms with Crippen LogP contribution in [0.2, 0.25) is 5.02 Å². The van der Waals surface area contributed by atoms with E-state index in [9.17, 15) is 20.0 Å². The third-order valence-corrected chi connectivity index (χ3v) is 4.51. The van der Waals surface area contributed by atoms with E-state index in [1.54, 1.807) is 4.90 Å². The zero-order valence-corrected chi connectivity index (χ0v) is 13.7. The fourth-order valence-corrected chi connectivity index (χ4v) is 3.01. The SMILES string of the molecule is CCC(CO)N1CCN(C(=O)c2ccc([N+](=O)[O-])cc2Cl)CC1. The molecule has 0 aromatic heterocycles. The molecule has 1 N–H and O–H groups in total. The highest BCUT2D eigenvalue weighted by molar-refractivity contribution is 6.34. The van der Waals surface area contributed by atoms with Crippen molar-refractivity contribution in [3.05, 3.63) is 38.9 Å². The van der Waals surface area contributed by atoms with Crippen molar-refractivity contribution in [3.8, 4) is 0 Å². The quantitative estimate of drug-likeness (QED) is 0.651. The van der Waals surface area contributed by atoms with Crippen LogP contribution in [-0.2, 0) is 0 Å². The Balaban J connectivity index is 2.04. The summed E-state index contributed by atoms with van der Waals surface area (Å²) in [6, 6.07) is 4.01. The summed E-state index contributed by atoms with van der Waals surface area (Å²) < 4.78 is 0. The van der Waals surface area contributed by atoms with E-state index < -0.39 is 4.92 Å². The molecule has 1 atom stereocenters. The van der Waals surface area contributed by atoms with Crippen LogP contribution in [0.3, 0.4) is 0 Å². The molecule has 2 rings (SSSR count). The lowest BCUT2D eigenvalue weighted by molar-refractivity contribution is -0.384. The van der Waals surface area contributed by atoms with Gasteiger partial charge in [-0.05, 0) is 12.5 Å². The van der Waals surface area contributed by atoms with Crippen LogP contribution in [0, 0.1) is 10.1 Å². The summed E-state index contributed by atoms with van der Waals surface area (Å²) >= 11 is 6.02. The van der Waals surface area contributed by atoms with Crippen molar-refractivity contribution in [3.63, 3.8) is 0 Å². The summed E-state index contributed by atoms with van der Waals surface area (Å²) in [5, 5.41) is 20.2. The number of aliphatic hydroxyl groups is 1. The molecule has 0 spiro atoms. The summed E-state index contributed by atoms with van der Waals surface area (Å²) in [5.41, 5.74) is 0.144. The Hall–Kier alpha value is -1.70. The first-order valence-corrected chi connectivity index (χ1v) is 7.93. The summed E-state index contributed by atoms with van der Waals surface area (Å²) in [7, 11) is 0. The van der Waals surface area contributed by atoms with Crippen molar-refractivity contribution in [2.24, 2.45) is 0 Å². The van der Waals surface area contributed by atoms with E-state index in [0.717, 1.165) is 6.42 Å². The van der Waals surface area contributed by atoms with Crippen LogP contribution in [0.25, 0.3) is 0 Å². The van der Waals surface area contributed by atoms with E-state index in [4.69, 9.17) is 11.6 Å². The number of benzene rings is 1. The highest BCUT2D eigenvalue weighted by atomic mass is 35.5. The minimum absolute atomic E-state index is 0.0911. The number of amides is 1. The van der Waals surface area contributed by atoms with E-state index in [1.165, 1.54) is 18.2 Å².